The fourth-order valence-corrected chi connectivity index (χ4v) is 3.14. The summed E-state index contributed by atoms with van der Waals surface area (Å²) in [6, 6.07) is 5.51. The Balaban J connectivity index is 3.11. The molecule has 0 saturated heterocycles. The second-order valence-electron chi connectivity index (χ2n) is 4.86. The largest absolute Gasteiger partial charge is 0.468 e. The number of hydrogen-bond donors (Lipinski definition) is 1. The molecule has 0 heterocycles. The molecule has 0 amide bonds. The summed E-state index contributed by atoms with van der Waals surface area (Å²) in [5.74, 6) is -0.811. The number of carbonyl (C=O) groups excluding carboxylic acids is 2. The Morgan fingerprint density at radius 2 is 1.76 bits per heavy atom. The minimum absolute atomic E-state index is 0.0175. The summed E-state index contributed by atoms with van der Waals surface area (Å²) in [5, 5.41) is 0. The van der Waals surface area contributed by atoms with Crippen molar-refractivity contribution >= 4 is 21.8 Å². The molecule has 0 aliphatic carbocycles. The molecule has 0 bridgehead atoms. The van der Waals surface area contributed by atoms with Crippen LogP contribution in [0.15, 0.2) is 29.2 Å². The van der Waals surface area contributed by atoms with Crippen molar-refractivity contribution in [1.29, 1.82) is 0 Å². The summed E-state index contributed by atoms with van der Waals surface area (Å²) in [5.41, 5.74) is -0.924. The van der Waals surface area contributed by atoms with E-state index in [1.165, 1.54) is 45.2 Å². The van der Waals surface area contributed by atoms with Crippen LogP contribution in [0.25, 0.3) is 0 Å². The highest BCUT2D eigenvalue weighted by atomic mass is 32.2. The van der Waals surface area contributed by atoms with Crippen LogP contribution in [-0.4, -0.2) is 32.8 Å². The number of benzene rings is 1. The van der Waals surface area contributed by atoms with Gasteiger partial charge in [0.25, 0.3) is 0 Å². The number of rotatable bonds is 6. The second kappa shape index (κ2) is 6.36. The lowest BCUT2D eigenvalue weighted by atomic mass is 10.0. The lowest BCUT2D eigenvalue weighted by Gasteiger charge is -2.26. The Kier molecular flexibility index (Phi) is 5.25. The van der Waals surface area contributed by atoms with Gasteiger partial charge in [-0.1, -0.05) is 19.1 Å². The molecule has 1 atom stereocenters. The van der Waals surface area contributed by atoms with Crippen molar-refractivity contribution in [3.63, 3.8) is 0 Å². The van der Waals surface area contributed by atoms with Gasteiger partial charge in [-0.15, -0.1) is 0 Å². The zero-order valence-corrected chi connectivity index (χ0v) is 13.3. The van der Waals surface area contributed by atoms with Crippen molar-refractivity contribution in [1.82, 2.24) is 4.72 Å². The van der Waals surface area contributed by atoms with E-state index in [0.29, 0.717) is 5.56 Å². The van der Waals surface area contributed by atoms with Crippen molar-refractivity contribution in [3.8, 4) is 0 Å². The molecule has 1 aromatic carbocycles. The molecule has 0 spiro atoms. The monoisotopic (exact) mass is 313 g/mol. The van der Waals surface area contributed by atoms with E-state index >= 15 is 0 Å². The van der Waals surface area contributed by atoms with E-state index in [9.17, 15) is 18.0 Å². The van der Waals surface area contributed by atoms with E-state index < -0.39 is 21.5 Å². The molecule has 0 fully saturated rings. The van der Waals surface area contributed by atoms with E-state index in [1.54, 1.807) is 6.92 Å². The van der Waals surface area contributed by atoms with E-state index in [-0.39, 0.29) is 17.1 Å². The van der Waals surface area contributed by atoms with Gasteiger partial charge in [-0.05, 0) is 32.4 Å². The third-order valence-corrected chi connectivity index (χ3v) is 4.89. The van der Waals surface area contributed by atoms with E-state index in [2.05, 4.69) is 9.46 Å². The molecular formula is C14H19NO5S. The number of sulfonamides is 1. The van der Waals surface area contributed by atoms with E-state index in [0.717, 1.165) is 0 Å². The highest BCUT2D eigenvalue weighted by Crippen LogP contribution is 2.18. The molecule has 0 aliphatic rings. The third kappa shape index (κ3) is 3.89. The van der Waals surface area contributed by atoms with Crippen molar-refractivity contribution in [2.45, 2.75) is 37.6 Å². The summed E-state index contributed by atoms with van der Waals surface area (Å²) in [7, 11) is -2.69. The molecular weight excluding hydrogens is 294 g/mol. The molecule has 1 aromatic rings. The lowest BCUT2D eigenvalue weighted by molar-refractivity contribution is -0.147. The zero-order valence-electron chi connectivity index (χ0n) is 12.5. The minimum Gasteiger partial charge on any atom is -0.468 e. The molecule has 0 saturated carbocycles. The highest BCUT2D eigenvalue weighted by molar-refractivity contribution is 7.89. The Hall–Kier alpha value is -1.73. The van der Waals surface area contributed by atoms with Gasteiger partial charge in [-0.25, -0.2) is 8.42 Å². The fourth-order valence-electron chi connectivity index (χ4n) is 1.71. The number of Topliss-reactive ketones (excluding diaryl/α,β-unsaturated/α-hetero) is 1. The van der Waals surface area contributed by atoms with Crippen LogP contribution in [0.2, 0.25) is 0 Å². The van der Waals surface area contributed by atoms with Gasteiger partial charge in [0.2, 0.25) is 10.0 Å². The van der Waals surface area contributed by atoms with Gasteiger partial charge in [-0.3, -0.25) is 9.59 Å². The SMILES string of the molecule is CC[C@@](C)(NS(=O)(=O)c1ccc(C(C)=O)cc1)C(=O)OC. The normalized spacial score (nSPS) is 14.3. The predicted octanol–water partition coefficient (Wildman–Crippen LogP) is 1.51. The standard InChI is InChI=1S/C14H19NO5S/c1-5-14(3,13(17)20-4)15-21(18,19)12-8-6-11(7-9-12)10(2)16/h6-9,15H,5H2,1-4H3/t14-/m1/s1. The molecule has 116 valence electrons. The first-order valence-corrected chi connectivity index (χ1v) is 7.88. The molecule has 0 radical (unpaired) electrons. The first-order chi connectivity index (χ1) is 9.66. The van der Waals surface area contributed by atoms with Gasteiger partial charge in [0.05, 0.1) is 12.0 Å². The average Bonchev–Trinajstić information content (AvgIpc) is 2.45. The smallest absolute Gasteiger partial charge is 0.326 e. The maximum Gasteiger partial charge on any atom is 0.326 e. The molecule has 0 unspecified atom stereocenters. The van der Waals surface area contributed by atoms with Crippen LogP contribution in [0, 0.1) is 0 Å². The number of ketones is 1. The molecule has 6 nitrogen and oxygen atoms in total. The van der Waals surface area contributed by atoms with Gasteiger partial charge < -0.3 is 4.74 Å². The number of nitrogens with one attached hydrogen (secondary N) is 1. The predicted molar refractivity (Wildman–Crippen MR) is 77.5 cm³/mol. The molecule has 1 rings (SSSR count). The first kappa shape index (κ1) is 17.3. The number of methoxy groups -OCH3 is 1. The Morgan fingerprint density at radius 1 is 1.24 bits per heavy atom. The average molecular weight is 313 g/mol. The van der Waals surface area contributed by atoms with Gasteiger partial charge in [0.1, 0.15) is 5.54 Å². The molecule has 7 heteroatoms. The maximum atomic E-state index is 12.3. The molecule has 21 heavy (non-hydrogen) atoms. The topological polar surface area (TPSA) is 89.5 Å². The Morgan fingerprint density at radius 3 is 2.14 bits per heavy atom. The Bertz CT molecular complexity index is 636. The van der Waals surface area contributed by atoms with Crippen LogP contribution in [-0.2, 0) is 19.6 Å². The van der Waals surface area contributed by atoms with Crippen LogP contribution in [0.4, 0.5) is 0 Å². The van der Waals surface area contributed by atoms with Gasteiger partial charge in [0, 0.05) is 5.56 Å². The quantitative estimate of drug-likeness (QED) is 0.635. The fraction of sp³-hybridized carbons (Fsp3) is 0.429. The first-order valence-electron chi connectivity index (χ1n) is 6.39. The summed E-state index contributed by atoms with van der Waals surface area (Å²) >= 11 is 0. The van der Waals surface area contributed by atoms with Crippen LogP contribution >= 0.6 is 0 Å². The summed E-state index contributed by atoms with van der Waals surface area (Å²) < 4.78 is 31.6. The van der Waals surface area contributed by atoms with Crippen LogP contribution in [0.3, 0.4) is 0 Å². The molecule has 1 N–H and O–H groups in total. The second-order valence-corrected chi connectivity index (χ2v) is 6.55. The van der Waals surface area contributed by atoms with Crippen LogP contribution in [0.1, 0.15) is 37.6 Å². The Labute approximate surface area is 124 Å². The van der Waals surface area contributed by atoms with E-state index in [1.807, 2.05) is 0 Å². The molecule has 0 aliphatic heterocycles. The van der Waals surface area contributed by atoms with Crippen molar-refractivity contribution in [2.75, 3.05) is 7.11 Å². The lowest BCUT2D eigenvalue weighted by Crippen LogP contribution is -2.52. The van der Waals surface area contributed by atoms with Crippen LogP contribution < -0.4 is 4.72 Å². The van der Waals surface area contributed by atoms with Gasteiger partial charge >= 0.3 is 5.97 Å². The number of esters is 1. The number of carbonyl (C=O) groups is 2. The summed E-state index contributed by atoms with van der Waals surface area (Å²) in [4.78, 5) is 22.9. The summed E-state index contributed by atoms with van der Waals surface area (Å²) in [6.45, 7) is 4.53. The highest BCUT2D eigenvalue weighted by Gasteiger charge is 2.37. The summed E-state index contributed by atoms with van der Waals surface area (Å²) in [6.07, 6.45) is 0.241. The van der Waals surface area contributed by atoms with Crippen molar-refractivity contribution < 1.29 is 22.7 Å². The van der Waals surface area contributed by atoms with Gasteiger partial charge in [-0.2, -0.15) is 4.72 Å². The van der Waals surface area contributed by atoms with Crippen molar-refractivity contribution in [3.05, 3.63) is 29.8 Å². The van der Waals surface area contributed by atoms with Gasteiger partial charge in [0.15, 0.2) is 5.78 Å². The van der Waals surface area contributed by atoms with Crippen LogP contribution in [0.5, 0.6) is 0 Å². The molecule has 0 aromatic heterocycles. The minimum atomic E-state index is -3.89. The third-order valence-electron chi connectivity index (χ3n) is 3.27. The number of hydrogen-bond acceptors (Lipinski definition) is 5. The number of ether oxygens (including phenoxy) is 1. The van der Waals surface area contributed by atoms with E-state index in [4.69, 9.17) is 0 Å². The van der Waals surface area contributed by atoms with Crippen molar-refractivity contribution in [2.24, 2.45) is 0 Å². The zero-order chi connectivity index (χ0) is 16.3. The maximum absolute atomic E-state index is 12.3.